The van der Waals surface area contributed by atoms with Gasteiger partial charge in [0, 0.05) is 19.1 Å². The first kappa shape index (κ1) is 14.6. The third-order valence-electron chi connectivity index (χ3n) is 3.67. The van der Waals surface area contributed by atoms with Gasteiger partial charge in [-0.1, -0.05) is 6.92 Å². The van der Waals surface area contributed by atoms with Gasteiger partial charge in [0.15, 0.2) is 0 Å². The molecule has 1 aromatic rings. The molecule has 0 radical (unpaired) electrons. The largest absolute Gasteiger partial charge is 0.465 e. The van der Waals surface area contributed by atoms with E-state index in [1.807, 2.05) is 19.1 Å². The van der Waals surface area contributed by atoms with Crippen molar-refractivity contribution < 1.29 is 12.8 Å². The summed E-state index contributed by atoms with van der Waals surface area (Å²) in [6.07, 6.45) is 2.12. The minimum absolute atomic E-state index is 0.305. The topological polar surface area (TPSA) is 62.6 Å². The van der Waals surface area contributed by atoms with Crippen molar-refractivity contribution in [1.82, 2.24) is 9.62 Å². The van der Waals surface area contributed by atoms with Crippen LogP contribution in [0.2, 0.25) is 0 Å². The molecule has 2 heterocycles. The second-order valence-corrected chi connectivity index (χ2v) is 7.37. The zero-order chi connectivity index (χ0) is 14.0. The lowest BCUT2D eigenvalue weighted by Crippen LogP contribution is -2.49. The van der Waals surface area contributed by atoms with Crippen LogP contribution >= 0.6 is 0 Å². The summed E-state index contributed by atoms with van der Waals surface area (Å²) in [6, 6.07) is 4.26. The highest BCUT2D eigenvalue weighted by atomic mass is 32.2. The molecule has 0 spiro atoms. The number of hydrogen-bond acceptors (Lipinski definition) is 4. The Morgan fingerprint density at radius 1 is 1.47 bits per heavy atom. The molecule has 1 saturated heterocycles. The van der Waals surface area contributed by atoms with Crippen LogP contribution < -0.4 is 5.32 Å². The zero-order valence-corrected chi connectivity index (χ0v) is 12.5. The standard InChI is InChI=1S/C13H22N2O3S/c1-10-9-15(19(3,16)17)7-6-13(10)14-8-12-5-4-11(2)18-12/h4-5,10,13-14H,6-9H2,1-3H3/t10-,13-/m1/s1. The van der Waals surface area contributed by atoms with Gasteiger partial charge in [-0.2, -0.15) is 0 Å². The molecule has 0 saturated carbocycles. The van der Waals surface area contributed by atoms with E-state index in [0.29, 0.717) is 31.6 Å². The highest BCUT2D eigenvalue weighted by molar-refractivity contribution is 7.88. The average molecular weight is 286 g/mol. The number of rotatable bonds is 4. The van der Waals surface area contributed by atoms with Crippen molar-refractivity contribution >= 4 is 10.0 Å². The summed E-state index contributed by atoms with van der Waals surface area (Å²) in [5.41, 5.74) is 0. The van der Waals surface area contributed by atoms with E-state index in [2.05, 4.69) is 12.2 Å². The number of aryl methyl sites for hydroxylation is 1. The van der Waals surface area contributed by atoms with Gasteiger partial charge < -0.3 is 9.73 Å². The number of sulfonamides is 1. The van der Waals surface area contributed by atoms with Crippen LogP contribution in [0, 0.1) is 12.8 Å². The van der Waals surface area contributed by atoms with Crippen molar-refractivity contribution in [3.05, 3.63) is 23.7 Å². The van der Waals surface area contributed by atoms with Crippen molar-refractivity contribution in [3.8, 4) is 0 Å². The van der Waals surface area contributed by atoms with E-state index < -0.39 is 10.0 Å². The molecule has 2 rings (SSSR count). The minimum atomic E-state index is -3.06. The zero-order valence-electron chi connectivity index (χ0n) is 11.7. The predicted octanol–water partition coefficient (Wildman–Crippen LogP) is 1.35. The number of nitrogens with one attached hydrogen (secondary N) is 1. The Bertz CT molecular complexity index is 524. The second kappa shape index (κ2) is 5.64. The van der Waals surface area contributed by atoms with Crippen LogP contribution in [0.4, 0.5) is 0 Å². The van der Waals surface area contributed by atoms with Crippen molar-refractivity contribution in [1.29, 1.82) is 0 Å². The number of piperidine rings is 1. The summed E-state index contributed by atoms with van der Waals surface area (Å²) in [5, 5.41) is 3.46. The lowest BCUT2D eigenvalue weighted by molar-refractivity contribution is 0.216. The smallest absolute Gasteiger partial charge is 0.211 e. The average Bonchev–Trinajstić information content (AvgIpc) is 2.72. The maximum absolute atomic E-state index is 11.5. The van der Waals surface area contributed by atoms with E-state index in [-0.39, 0.29) is 0 Å². The minimum Gasteiger partial charge on any atom is -0.465 e. The lowest BCUT2D eigenvalue weighted by Gasteiger charge is -2.35. The molecular weight excluding hydrogens is 264 g/mol. The summed E-state index contributed by atoms with van der Waals surface area (Å²) in [4.78, 5) is 0. The molecule has 2 atom stereocenters. The van der Waals surface area contributed by atoms with E-state index in [9.17, 15) is 8.42 Å². The molecule has 0 amide bonds. The van der Waals surface area contributed by atoms with Gasteiger partial charge in [-0.3, -0.25) is 0 Å². The molecule has 0 aliphatic carbocycles. The van der Waals surface area contributed by atoms with Crippen molar-refractivity contribution in [2.24, 2.45) is 5.92 Å². The van der Waals surface area contributed by atoms with E-state index >= 15 is 0 Å². The summed E-state index contributed by atoms with van der Waals surface area (Å²) in [5.74, 6) is 2.14. The monoisotopic (exact) mass is 286 g/mol. The number of nitrogens with zero attached hydrogens (tertiary/aromatic N) is 1. The fraction of sp³-hybridized carbons (Fsp3) is 0.692. The molecule has 1 fully saturated rings. The molecule has 0 aromatic carbocycles. The van der Waals surface area contributed by atoms with E-state index in [1.165, 1.54) is 6.26 Å². The first-order valence-electron chi connectivity index (χ1n) is 6.60. The molecule has 1 N–H and O–H groups in total. The first-order chi connectivity index (χ1) is 8.86. The number of hydrogen-bond donors (Lipinski definition) is 1. The molecule has 19 heavy (non-hydrogen) atoms. The third kappa shape index (κ3) is 3.81. The lowest BCUT2D eigenvalue weighted by atomic mass is 9.95. The quantitative estimate of drug-likeness (QED) is 0.907. The molecule has 5 nitrogen and oxygen atoms in total. The van der Waals surface area contributed by atoms with E-state index in [0.717, 1.165) is 17.9 Å². The molecule has 1 aliphatic heterocycles. The molecule has 1 aliphatic rings. The molecule has 0 bridgehead atoms. The van der Waals surface area contributed by atoms with Gasteiger partial charge in [0.2, 0.25) is 10.0 Å². The second-order valence-electron chi connectivity index (χ2n) is 5.39. The van der Waals surface area contributed by atoms with Crippen LogP contribution in [0.1, 0.15) is 24.9 Å². The van der Waals surface area contributed by atoms with E-state index in [1.54, 1.807) is 4.31 Å². The van der Waals surface area contributed by atoms with Gasteiger partial charge in [-0.15, -0.1) is 0 Å². The third-order valence-corrected chi connectivity index (χ3v) is 4.94. The van der Waals surface area contributed by atoms with Crippen LogP contribution in [-0.2, 0) is 16.6 Å². The number of furan rings is 1. The van der Waals surface area contributed by atoms with Gasteiger partial charge >= 0.3 is 0 Å². The van der Waals surface area contributed by atoms with Gasteiger partial charge in [0.1, 0.15) is 11.5 Å². The summed E-state index contributed by atoms with van der Waals surface area (Å²) in [6.45, 7) is 5.90. The molecule has 6 heteroatoms. The van der Waals surface area contributed by atoms with Gasteiger partial charge in [0.25, 0.3) is 0 Å². The van der Waals surface area contributed by atoms with Gasteiger partial charge in [-0.05, 0) is 31.4 Å². The Morgan fingerprint density at radius 2 is 2.21 bits per heavy atom. The van der Waals surface area contributed by atoms with Gasteiger partial charge in [-0.25, -0.2) is 12.7 Å². The van der Waals surface area contributed by atoms with Gasteiger partial charge in [0.05, 0.1) is 12.8 Å². The maximum atomic E-state index is 11.5. The van der Waals surface area contributed by atoms with Crippen LogP contribution in [-0.4, -0.2) is 38.1 Å². The van der Waals surface area contributed by atoms with Crippen LogP contribution in [0.5, 0.6) is 0 Å². The Balaban J connectivity index is 1.86. The summed E-state index contributed by atoms with van der Waals surface area (Å²) in [7, 11) is -3.06. The Labute approximate surface area is 115 Å². The first-order valence-corrected chi connectivity index (χ1v) is 8.45. The molecule has 0 unspecified atom stereocenters. The normalized spacial score (nSPS) is 25.6. The summed E-state index contributed by atoms with van der Waals surface area (Å²) >= 11 is 0. The van der Waals surface area contributed by atoms with E-state index in [4.69, 9.17) is 4.42 Å². The molecular formula is C13H22N2O3S. The highest BCUT2D eigenvalue weighted by Crippen LogP contribution is 2.19. The maximum Gasteiger partial charge on any atom is 0.211 e. The van der Waals surface area contributed by atoms with Crippen LogP contribution in [0.25, 0.3) is 0 Å². The van der Waals surface area contributed by atoms with Crippen molar-refractivity contribution in [2.45, 2.75) is 32.9 Å². The summed E-state index contributed by atoms with van der Waals surface area (Å²) < 4.78 is 30.1. The van der Waals surface area contributed by atoms with Crippen molar-refractivity contribution in [2.75, 3.05) is 19.3 Å². The SMILES string of the molecule is Cc1ccc(CN[C@@H]2CCN(S(C)(=O)=O)C[C@H]2C)o1. The predicted molar refractivity (Wildman–Crippen MR) is 74.3 cm³/mol. The Hall–Kier alpha value is -0.850. The van der Waals surface area contributed by atoms with Crippen molar-refractivity contribution in [3.63, 3.8) is 0 Å². The Morgan fingerprint density at radius 3 is 2.74 bits per heavy atom. The Kier molecular flexibility index (Phi) is 4.32. The highest BCUT2D eigenvalue weighted by Gasteiger charge is 2.30. The van der Waals surface area contributed by atoms with Crippen LogP contribution in [0.15, 0.2) is 16.5 Å². The molecule has 1 aromatic heterocycles. The molecule has 108 valence electrons. The van der Waals surface area contributed by atoms with Crippen LogP contribution in [0.3, 0.4) is 0 Å². The fourth-order valence-electron chi connectivity index (χ4n) is 2.52. The fourth-order valence-corrected chi connectivity index (χ4v) is 3.47.